The van der Waals surface area contributed by atoms with Gasteiger partial charge in [0, 0.05) is 29.4 Å². The van der Waals surface area contributed by atoms with Gasteiger partial charge < -0.3 is 25.1 Å². The van der Waals surface area contributed by atoms with Crippen LogP contribution in [0.2, 0.25) is 0 Å². The summed E-state index contributed by atoms with van der Waals surface area (Å²) < 4.78 is 10.5. The molecule has 2 amide bonds. The number of methoxy groups -OCH3 is 2. The summed E-state index contributed by atoms with van der Waals surface area (Å²) in [7, 11) is 3.07. The first-order valence-corrected chi connectivity index (χ1v) is 11.0. The van der Waals surface area contributed by atoms with E-state index in [9.17, 15) is 9.59 Å². The lowest BCUT2D eigenvalue weighted by atomic mass is 9.84. The zero-order chi connectivity index (χ0) is 25.0. The Labute approximate surface area is 202 Å². The Morgan fingerprint density at radius 1 is 0.971 bits per heavy atom. The molecule has 9 nitrogen and oxygen atoms in total. The molecule has 35 heavy (non-hydrogen) atoms. The Morgan fingerprint density at radius 3 is 2.40 bits per heavy atom. The molecule has 0 aliphatic carbocycles. The first-order chi connectivity index (χ1) is 16.8. The lowest BCUT2D eigenvalue weighted by Crippen LogP contribution is -2.37. The fourth-order valence-electron chi connectivity index (χ4n) is 3.63. The molecule has 0 saturated carbocycles. The second kappa shape index (κ2) is 9.84. The SMILES string of the molecule is COc1ccc(C(=O)Nc2ccc(C(C)(C)CNC(=O)c3nc4ncccc4[nH]3)cc2)cc1OC. The lowest BCUT2D eigenvalue weighted by molar-refractivity contribution is 0.0935. The van der Waals surface area contributed by atoms with E-state index in [0.29, 0.717) is 40.5 Å². The molecule has 2 aromatic heterocycles. The van der Waals surface area contributed by atoms with Crippen molar-refractivity contribution < 1.29 is 19.1 Å². The van der Waals surface area contributed by atoms with Crippen LogP contribution in [-0.2, 0) is 5.41 Å². The number of fused-ring (bicyclic) bond motifs is 1. The van der Waals surface area contributed by atoms with Gasteiger partial charge in [-0.05, 0) is 48.0 Å². The smallest absolute Gasteiger partial charge is 0.287 e. The van der Waals surface area contributed by atoms with E-state index in [4.69, 9.17) is 9.47 Å². The van der Waals surface area contributed by atoms with Gasteiger partial charge in [-0.3, -0.25) is 9.59 Å². The number of rotatable bonds is 8. The summed E-state index contributed by atoms with van der Waals surface area (Å²) in [6.45, 7) is 4.46. The molecule has 0 spiro atoms. The summed E-state index contributed by atoms with van der Waals surface area (Å²) in [5, 5.41) is 5.82. The molecule has 0 aliphatic rings. The van der Waals surface area contributed by atoms with Gasteiger partial charge in [-0.2, -0.15) is 0 Å². The molecule has 0 unspecified atom stereocenters. The number of amides is 2. The molecule has 9 heteroatoms. The first kappa shape index (κ1) is 23.7. The van der Waals surface area contributed by atoms with Crippen molar-refractivity contribution in [2.24, 2.45) is 0 Å². The summed E-state index contributed by atoms with van der Waals surface area (Å²) in [5.74, 6) is 0.709. The molecular formula is C26H27N5O4. The third kappa shape index (κ3) is 5.24. The van der Waals surface area contributed by atoms with Crippen molar-refractivity contribution in [2.45, 2.75) is 19.3 Å². The number of nitrogens with zero attached hydrogens (tertiary/aromatic N) is 2. The standard InChI is InChI=1S/C26H27N5O4/c1-26(2,15-28-25(33)23-30-19-6-5-13-27-22(19)31-23)17-8-10-18(11-9-17)29-24(32)16-7-12-20(34-3)21(14-16)35-4/h5-14H,15H2,1-4H3,(H,28,33)(H,29,32)(H,27,30,31). The minimum Gasteiger partial charge on any atom is -0.493 e. The lowest BCUT2D eigenvalue weighted by Gasteiger charge is -2.25. The molecule has 4 rings (SSSR count). The molecule has 0 fully saturated rings. The van der Waals surface area contributed by atoms with Gasteiger partial charge >= 0.3 is 0 Å². The van der Waals surface area contributed by atoms with Gasteiger partial charge in [0.25, 0.3) is 11.8 Å². The molecule has 0 saturated heterocycles. The van der Waals surface area contributed by atoms with E-state index in [2.05, 4.69) is 25.6 Å². The maximum absolute atomic E-state index is 12.7. The largest absolute Gasteiger partial charge is 0.493 e. The number of benzene rings is 2. The Hall–Kier alpha value is -4.40. The van der Waals surface area contributed by atoms with Crippen LogP contribution in [0.3, 0.4) is 0 Å². The third-order valence-electron chi connectivity index (χ3n) is 5.73. The van der Waals surface area contributed by atoms with E-state index < -0.39 is 0 Å². The second-order valence-corrected chi connectivity index (χ2v) is 8.63. The maximum atomic E-state index is 12.7. The number of imidazole rings is 1. The van der Waals surface area contributed by atoms with E-state index in [1.54, 1.807) is 37.6 Å². The number of carbonyl (C=O) groups is 2. The maximum Gasteiger partial charge on any atom is 0.287 e. The summed E-state index contributed by atoms with van der Waals surface area (Å²) >= 11 is 0. The van der Waals surface area contributed by atoms with E-state index in [1.165, 1.54) is 7.11 Å². The predicted molar refractivity (Wildman–Crippen MR) is 133 cm³/mol. The minimum atomic E-state index is -0.355. The second-order valence-electron chi connectivity index (χ2n) is 8.63. The fraction of sp³-hybridized carbons (Fsp3) is 0.231. The van der Waals surface area contributed by atoms with Crippen molar-refractivity contribution in [3.63, 3.8) is 0 Å². The number of carbonyl (C=O) groups excluding carboxylic acids is 2. The molecule has 180 valence electrons. The number of hydrogen-bond donors (Lipinski definition) is 3. The average molecular weight is 474 g/mol. The number of nitrogens with one attached hydrogen (secondary N) is 3. The highest BCUT2D eigenvalue weighted by Gasteiger charge is 2.23. The Bertz CT molecular complexity index is 1330. The van der Waals surface area contributed by atoms with Gasteiger partial charge in [0.2, 0.25) is 0 Å². The fourth-order valence-corrected chi connectivity index (χ4v) is 3.63. The van der Waals surface area contributed by atoms with Crippen molar-refractivity contribution in [3.05, 3.63) is 77.7 Å². The Balaban J connectivity index is 1.38. The topological polar surface area (TPSA) is 118 Å². The van der Waals surface area contributed by atoms with Crippen LogP contribution >= 0.6 is 0 Å². The van der Waals surface area contributed by atoms with Gasteiger partial charge in [-0.25, -0.2) is 9.97 Å². The van der Waals surface area contributed by atoms with Crippen molar-refractivity contribution in [1.29, 1.82) is 0 Å². The number of aromatic nitrogens is 3. The number of hydrogen-bond acceptors (Lipinski definition) is 6. The third-order valence-corrected chi connectivity index (χ3v) is 5.73. The summed E-state index contributed by atoms with van der Waals surface area (Å²) in [4.78, 5) is 36.6. The van der Waals surface area contributed by atoms with Crippen molar-refractivity contribution >= 4 is 28.7 Å². The molecule has 0 aliphatic heterocycles. The molecule has 3 N–H and O–H groups in total. The summed E-state index contributed by atoms with van der Waals surface area (Å²) in [6.07, 6.45) is 1.63. The van der Waals surface area contributed by atoms with Crippen LogP contribution < -0.4 is 20.1 Å². The van der Waals surface area contributed by atoms with Gasteiger partial charge in [-0.15, -0.1) is 0 Å². The van der Waals surface area contributed by atoms with Gasteiger partial charge in [0.15, 0.2) is 23.0 Å². The first-order valence-electron chi connectivity index (χ1n) is 11.0. The van der Waals surface area contributed by atoms with Crippen molar-refractivity contribution in [1.82, 2.24) is 20.3 Å². The van der Waals surface area contributed by atoms with E-state index in [1.807, 2.05) is 44.2 Å². The van der Waals surface area contributed by atoms with Crippen LogP contribution in [0.1, 0.15) is 40.4 Å². The number of aromatic amines is 1. The zero-order valence-electron chi connectivity index (χ0n) is 20.0. The summed E-state index contributed by atoms with van der Waals surface area (Å²) in [6, 6.07) is 16.1. The highest BCUT2D eigenvalue weighted by molar-refractivity contribution is 6.04. The van der Waals surface area contributed by atoms with Gasteiger partial charge in [-0.1, -0.05) is 26.0 Å². The van der Waals surface area contributed by atoms with Crippen LogP contribution in [-0.4, -0.2) is 47.5 Å². The van der Waals surface area contributed by atoms with Crippen molar-refractivity contribution in [3.8, 4) is 11.5 Å². The predicted octanol–water partition coefficient (Wildman–Crippen LogP) is 3.94. The molecule has 0 bridgehead atoms. The number of pyridine rings is 1. The van der Waals surface area contributed by atoms with E-state index in [0.717, 1.165) is 5.56 Å². The quantitative estimate of drug-likeness (QED) is 0.357. The Kier molecular flexibility index (Phi) is 6.68. The Morgan fingerprint density at radius 2 is 1.71 bits per heavy atom. The van der Waals surface area contributed by atoms with E-state index >= 15 is 0 Å². The minimum absolute atomic E-state index is 0.225. The van der Waals surface area contributed by atoms with E-state index in [-0.39, 0.29) is 23.1 Å². The molecule has 4 aromatic rings. The number of ether oxygens (including phenoxy) is 2. The molecule has 0 radical (unpaired) electrons. The van der Waals surface area contributed by atoms with Gasteiger partial charge in [0.05, 0.1) is 19.7 Å². The molecule has 2 aromatic carbocycles. The monoisotopic (exact) mass is 473 g/mol. The molecular weight excluding hydrogens is 446 g/mol. The van der Waals surface area contributed by atoms with Crippen LogP contribution in [0.25, 0.3) is 11.2 Å². The number of H-pyrrole nitrogens is 1. The number of anilines is 1. The van der Waals surface area contributed by atoms with Crippen molar-refractivity contribution in [2.75, 3.05) is 26.1 Å². The van der Waals surface area contributed by atoms with Crippen LogP contribution in [0.5, 0.6) is 11.5 Å². The normalized spacial score (nSPS) is 11.2. The van der Waals surface area contributed by atoms with Crippen LogP contribution in [0.15, 0.2) is 60.8 Å². The molecule has 0 atom stereocenters. The van der Waals surface area contributed by atoms with Crippen LogP contribution in [0.4, 0.5) is 5.69 Å². The zero-order valence-corrected chi connectivity index (χ0v) is 20.0. The summed E-state index contributed by atoms with van der Waals surface area (Å²) in [5.41, 5.74) is 2.98. The van der Waals surface area contributed by atoms with Crippen LogP contribution in [0, 0.1) is 0 Å². The highest BCUT2D eigenvalue weighted by Crippen LogP contribution is 2.28. The highest BCUT2D eigenvalue weighted by atomic mass is 16.5. The van der Waals surface area contributed by atoms with Gasteiger partial charge in [0.1, 0.15) is 0 Å². The molecule has 2 heterocycles. The average Bonchev–Trinajstić information content (AvgIpc) is 3.31.